The minimum Gasteiger partial charge on any atom is -0.508 e. The van der Waals surface area contributed by atoms with Crippen LogP contribution in [0.15, 0.2) is 24.3 Å². The van der Waals surface area contributed by atoms with Gasteiger partial charge in [-0.05, 0) is 24.1 Å². The summed E-state index contributed by atoms with van der Waals surface area (Å²) < 4.78 is 10.7. The Kier molecular flexibility index (Phi) is 4.86. The first kappa shape index (κ1) is 14.7. The Labute approximate surface area is 104 Å². The van der Waals surface area contributed by atoms with Crippen LogP contribution in [0.5, 0.6) is 5.75 Å². The van der Waals surface area contributed by atoms with E-state index >= 15 is 0 Å². The van der Waals surface area contributed by atoms with Gasteiger partial charge in [0.25, 0.3) is 0 Å². The molecular formula is C10H15N2O5P. The van der Waals surface area contributed by atoms with E-state index in [1.165, 1.54) is 12.1 Å². The molecule has 0 saturated carbocycles. The van der Waals surface area contributed by atoms with Crippen molar-refractivity contribution in [2.45, 2.75) is 12.5 Å². The number of amides is 1. The summed E-state index contributed by atoms with van der Waals surface area (Å²) >= 11 is 0. The van der Waals surface area contributed by atoms with Crippen molar-refractivity contribution in [3.8, 4) is 5.75 Å². The molecular weight excluding hydrogens is 259 g/mol. The van der Waals surface area contributed by atoms with Crippen molar-refractivity contribution in [2.24, 2.45) is 5.73 Å². The lowest BCUT2D eigenvalue weighted by molar-refractivity contribution is -0.119. The summed E-state index contributed by atoms with van der Waals surface area (Å²) in [5.74, 6) is -0.603. The van der Waals surface area contributed by atoms with Crippen LogP contribution >= 0.6 is 7.60 Å². The smallest absolute Gasteiger partial charge is 0.339 e. The third kappa shape index (κ3) is 5.29. The van der Waals surface area contributed by atoms with E-state index in [4.69, 9.17) is 20.6 Å². The van der Waals surface area contributed by atoms with Gasteiger partial charge in [0, 0.05) is 0 Å². The normalized spacial score (nSPS) is 13.2. The van der Waals surface area contributed by atoms with Gasteiger partial charge in [-0.1, -0.05) is 12.1 Å². The minimum atomic E-state index is -4.23. The Bertz CT molecular complexity index is 456. The van der Waals surface area contributed by atoms with Crippen LogP contribution < -0.4 is 11.1 Å². The average molecular weight is 274 g/mol. The minimum absolute atomic E-state index is 0.0950. The number of rotatable bonds is 6. The van der Waals surface area contributed by atoms with E-state index in [9.17, 15) is 9.36 Å². The van der Waals surface area contributed by atoms with E-state index in [2.05, 4.69) is 5.32 Å². The molecule has 0 aliphatic carbocycles. The monoisotopic (exact) mass is 274 g/mol. The van der Waals surface area contributed by atoms with Gasteiger partial charge in [-0.15, -0.1) is 0 Å². The van der Waals surface area contributed by atoms with Crippen molar-refractivity contribution in [2.75, 3.05) is 6.29 Å². The van der Waals surface area contributed by atoms with Crippen LogP contribution in [0.3, 0.4) is 0 Å². The van der Waals surface area contributed by atoms with Gasteiger partial charge in [-0.3, -0.25) is 14.7 Å². The van der Waals surface area contributed by atoms with Crippen molar-refractivity contribution in [1.29, 1.82) is 0 Å². The van der Waals surface area contributed by atoms with Crippen molar-refractivity contribution >= 4 is 13.5 Å². The topological polar surface area (TPSA) is 133 Å². The number of phenolic OH excluding ortho intramolecular Hbond substituents is 1. The number of hydrogen-bond donors (Lipinski definition) is 5. The molecule has 1 aromatic carbocycles. The lowest BCUT2D eigenvalue weighted by atomic mass is 10.1. The van der Waals surface area contributed by atoms with E-state index in [1.54, 1.807) is 12.1 Å². The zero-order chi connectivity index (χ0) is 13.8. The zero-order valence-corrected chi connectivity index (χ0v) is 10.4. The molecule has 0 fully saturated rings. The predicted octanol–water partition coefficient (Wildman–Crippen LogP) is -0.487. The largest absolute Gasteiger partial charge is 0.508 e. The van der Waals surface area contributed by atoms with Gasteiger partial charge in [0.05, 0.1) is 12.3 Å². The summed E-state index contributed by atoms with van der Waals surface area (Å²) in [5, 5.41) is 11.5. The first-order valence-corrected chi connectivity index (χ1v) is 6.93. The number of benzene rings is 1. The maximum atomic E-state index is 11.1. The van der Waals surface area contributed by atoms with Gasteiger partial charge in [-0.25, -0.2) is 0 Å². The third-order valence-electron chi connectivity index (χ3n) is 2.26. The second-order valence-electron chi connectivity index (χ2n) is 3.85. The highest BCUT2D eigenvalue weighted by Crippen LogP contribution is 2.32. The van der Waals surface area contributed by atoms with Crippen LogP contribution in [0.1, 0.15) is 5.56 Å². The van der Waals surface area contributed by atoms with Crippen molar-refractivity contribution in [3.05, 3.63) is 29.8 Å². The van der Waals surface area contributed by atoms with E-state index in [1.807, 2.05) is 0 Å². The number of nitrogens with two attached hydrogens (primary N) is 1. The highest BCUT2D eigenvalue weighted by molar-refractivity contribution is 7.51. The number of aromatic hydroxyl groups is 1. The van der Waals surface area contributed by atoms with Gasteiger partial charge in [0.2, 0.25) is 5.91 Å². The molecule has 0 bridgehead atoms. The third-order valence-corrected chi connectivity index (χ3v) is 2.86. The Morgan fingerprint density at radius 3 is 2.33 bits per heavy atom. The Balaban J connectivity index is 2.66. The van der Waals surface area contributed by atoms with Gasteiger partial charge < -0.3 is 20.6 Å². The number of hydrogen-bond acceptors (Lipinski definition) is 4. The molecule has 1 aromatic rings. The maximum Gasteiger partial charge on any atom is 0.339 e. The first-order valence-electron chi connectivity index (χ1n) is 5.13. The molecule has 0 aliphatic rings. The predicted molar refractivity (Wildman–Crippen MR) is 64.8 cm³/mol. The fourth-order valence-corrected chi connectivity index (χ4v) is 1.83. The molecule has 0 heterocycles. The molecule has 0 spiro atoms. The van der Waals surface area contributed by atoms with Gasteiger partial charge in [0.1, 0.15) is 5.75 Å². The van der Waals surface area contributed by atoms with Crippen LogP contribution in [0.4, 0.5) is 0 Å². The van der Waals surface area contributed by atoms with Crippen LogP contribution in [-0.2, 0) is 15.8 Å². The van der Waals surface area contributed by atoms with Gasteiger partial charge in [0.15, 0.2) is 0 Å². The van der Waals surface area contributed by atoms with Crippen LogP contribution in [0.2, 0.25) is 0 Å². The second kappa shape index (κ2) is 5.97. The number of carbonyl (C=O) groups is 1. The van der Waals surface area contributed by atoms with E-state index in [0.29, 0.717) is 0 Å². The Hall–Kier alpha value is -1.40. The fraction of sp³-hybridized carbons (Fsp3) is 0.300. The van der Waals surface area contributed by atoms with Crippen LogP contribution in [0, 0.1) is 0 Å². The number of primary amides is 1. The number of nitrogens with one attached hydrogen (secondary N) is 1. The fourth-order valence-electron chi connectivity index (χ4n) is 1.37. The SMILES string of the molecule is NC(=O)[C@H](Cc1ccc(O)cc1)NCP(=O)(O)O. The number of carbonyl (C=O) groups excluding carboxylic acids is 1. The quantitative estimate of drug-likeness (QED) is 0.445. The lowest BCUT2D eigenvalue weighted by Gasteiger charge is -2.16. The molecule has 0 unspecified atom stereocenters. The molecule has 7 nitrogen and oxygen atoms in total. The summed E-state index contributed by atoms with van der Waals surface area (Å²) in [5.41, 5.74) is 5.86. The highest BCUT2D eigenvalue weighted by Gasteiger charge is 2.20. The van der Waals surface area contributed by atoms with Crippen molar-refractivity contribution < 1.29 is 24.3 Å². The summed E-state index contributed by atoms with van der Waals surface area (Å²) in [7, 11) is -4.23. The molecule has 18 heavy (non-hydrogen) atoms. The lowest BCUT2D eigenvalue weighted by Crippen LogP contribution is -2.43. The Morgan fingerprint density at radius 1 is 1.33 bits per heavy atom. The van der Waals surface area contributed by atoms with Gasteiger partial charge >= 0.3 is 7.60 Å². The summed E-state index contributed by atoms with van der Waals surface area (Å²) in [6, 6.07) is 5.24. The molecule has 0 saturated heterocycles. The standard InChI is InChI=1S/C10H15N2O5P/c11-10(14)9(12-6-18(15,16)17)5-7-1-3-8(13)4-2-7/h1-4,9,12-13H,5-6H2,(H2,11,14)(H2,15,16,17)/t9-/m0/s1. The summed E-state index contributed by atoms with van der Waals surface area (Å²) in [6.07, 6.45) is -0.422. The van der Waals surface area contributed by atoms with Crippen LogP contribution in [0.25, 0.3) is 0 Å². The highest BCUT2D eigenvalue weighted by atomic mass is 31.2. The molecule has 1 rings (SSSR count). The molecule has 100 valence electrons. The molecule has 0 radical (unpaired) electrons. The Morgan fingerprint density at radius 2 is 1.89 bits per heavy atom. The molecule has 0 aliphatic heterocycles. The van der Waals surface area contributed by atoms with E-state index in [-0.39, 0.29) is 12.2 Å². The summed E-state index contributed by atoms with van der Waals surface area (Å²) in [4.78, 5) is 28.6. The molecule has 1 amide bonds. The van der Waals surface area contributed by atoms with Crippen molar-refractivity contribution in [1.82, 2.24) is 5.32 Å². The molecule has 6 N–H and O–H groups in total. The maximum absolute atomic E-state index is 11.1. The van der Waals surface area contributed by atoms with E-state index < -0.39 is 25.8 Å². The van der Waals surface area contributed by atoms with Crippen LogP contribution in [-0.4, -0.2) is 33.1 Å². The first-order chi connectivity index (χ1) is 8.28. The van der Waals surface area contributed by atoms with Gasteiger partial charge in [-0.2, -0.15) is 0 Å². The van der Waals surface area contributed by atoms with Crippen molar-refractivity contribution in [3.63, 3.8) is 0 Å². The number of phenols is 1. The summed E-state index contributed by atoms with van der Waals surface area (Å²) in [6.45, 7) is 0. The molecule has 0 aromatic heterocycles. The van der Waals surface area contributed by atoms with E-state index in [0.717, 1.165) is 5.56 Å². The zero-order valence-electron chi connectivity index (χ0n) is 9.48. The second-order valence-corrected chi connectivity index (χ2v) is 5.50. The molecule has 1 atom stereocenters. The molecule has 8 heteroatoms. The average Bonchev–Trinajstić information content (AvgIpc) is 2.25.